The van der Waals surface area contributed by atoms with Crippen molar-refractivity contribution < 1.29 is 18.0 Å². The Morgan fingerprint density at radius 2 is 1.62 bits per heavy atom. The Morgan fingerprint density at radius 1 is 0.946 bits per heavy atom. The summed E-state index contributed by atoms with van der Waals surface area (Å²) >= 11 is 6.41. The third kappa shape index (κ3) is 6.90. The standard InChI is InChI=1S/C28H32ClN3O4S/c1-4-25(28(34)30-5-2)31(19-22-13-11-12-21(3)18-22)27(33)20-32(26-17-10-9-16-24(26)29)37(35,36)23-14-7-6-8-15-23/h6-18,25H,4-5,19-20H2,1-3H3,(H,30,34)/t25-/m1/s1. The first-order valence-electron chi connectivity index (χ1n) is 12.1. The molecule has 0 heterocycles. The second-order valence-corrected chi connectivity index (χ2v) is 10.9. The Morgan fingerprint density at radius 3 is 2.24 bits per heavy atom. The predicted octanol–water partition coefficient (Wildman–Crippen LogP) is 4.79. The number of benzene rings is 3. The molecule has 0 spiro atoms. The average Bonchev–Trinajstić information content (AvgIpc) is 2.88. The molecule has 3 rings (SSSR count). The van der Waals surface area contributed by atoms with Gasteiger partial charge in [-0.25, -0.2) is 8.42 Å². The quantitative estimate of drug-likeness (QED) is 0.378. The van der Waals surface area contributed by atoms with Crippen molar-refractivity contribution in [1.82, 2.24) is 10.2 Å². The summed E-state index contributed by atoms with van der Waals surface area (Å²) < 4.78 is 28.5. The molecule has 0 unspecified atom stereocenters. The van der Waals surface area contributed by atoms with Crippen molar-refractivity contribution in [2.24, 2.45) is 0 Å². The van der Waals surface area contributed by atoms with Crippen molar-refractivity contribution in [2.45, 2.75) is 44.7 Å². The SMILES string of the molecule is CCNC(=O)[C@@H](CC)N(Cc1cccc(C)c1)C(=O)CN(c1ccccc1Cl)S(=O)(=O)c1ccccc1. The lowest BCUT2D eigenvalue weighted by Crippen LogP contribution is -2.52. The Kier molecular flexibility index (Phi) is 9.72. The molecule has 0 fully saturated rings. The zero-order chi connectivity index (χ0) is 27.0. The smallest absolute Gasteiger partial charge is 0.264 e. The van der Waals surface area contributed by atoms with Crippen molar-refractivity contribution in [1.29, 1.82) is 0 Å². The van der Waals surface area contributed by atoms with Crippen LogP contribution in [0.2, 0.25) is 5.02 Å². The zero-order valence-corrected chi connectivity index (χ0v) is 22.8. The number of carbonyl (C=O) groups is 2. The number of hydrogen-bond donors (Lipinski definition) is 1. The van der Waals surface area contributed by atoms with Gasteiger partial charge in [0.2, 0.25) is 11.8 Å². The summed E-state index contributed by atoms with van der Waals surface area (Å²) in [7, 11) is -4.15. The Balaban J connectivity index is 2.06. The van der Waals surface area contributed by atoms with Crippen LogP contribution in [-0.2, 0) is 26.2 Å². The number of hydrogen-bond acceptors (Lipinski definition) is 4. The molecule has 37 heavy (non-hydrogen) atoms. The third-order valence-electron chi connectivity index (χ3n) is 5.90. The molecule has 0 aliphatic carbocycles. The van der Waals surface area contributed by atoms with Gasteiger partial charge in [0, 0.05) is 13.1 Å². The summed E-state index contributed by atoms with van der Waals surface area (Å²) in [5, 5.41) is 2.98. The maximum absolute atomic E-state index is 13.9. The van der Waals surface area contributed by atoms with Gasteiger partial charge in [-0.3, -0.25) is 13.9 Å². The molecule has 3 aromatic carbocycles. The fraction of sp³-hybridized carbons (Fsp3) is 0.286. The number of carbonyl (C=O) groups excluding carboxylic acids is 2. The monoisotopic (exact) mass is 541 g/mol. The fourth-order valence-electron chi connectivity index (χ4n) is 4.11. The summed E-state index contributed by atoms with van der Waals surface area (Å²) in [5.74, 6) is -0.805. The highest BCUT2D eigenvalue weighted by atomic mass is 35.5. The van der Waals surface area contributed by atoms with Gasteiger partial charge in [0.05, 0.1) is 15.6 Å². The molecule has 1 N–H and O–H groups in total. The van der Waals surface area contributed by atoms with Crippen molar-refractivity contribution in [3.8, 4) is 0 Å². The Bertz CT molecular complexity index is 1330. The molecule has 196 valence electrons. The maximum atomic E-state index is 13.9. The number of rotatable bonds is 11. The third-order valence-corrected chi connectivity index (χ3v) is 8.00. The minimum atomic E-state index is -4.15. The highest BCUT2D eigenvalue weighted by Gasteiger charge is 2.34. The molecule has 0 radical (unpaired) electrons. The van der Waals surface area contributed by atoms with Crippen LogP contribution >= 0.6 is 11.6 Å². The van der Waals surface area contributed by atoms with Crippen LogP contribution < -0.4 is 9.62 Å². The molecule has 0 aliphatic rings. The first-order chi connectivity index (χ1) is 17.7. The molecule has 0 aliphatic heterocycles. The van der Waals surface area contributed by atoms with E-state index in [2.05, 4.69) is 5.32 Å². The lowest BCUT2D eigenvalue weighted by molar-refractivity contribution is -0.140. The molecule has 0 saturated carbocycles. The van der Waals surface area contributed by atoms with Gasteiger partial charge < -0.3 is 10.2 Å². The molecule has 9 heteroatoms. The lowest BCUT2D eigenvalue weighted by Gasteiger charge is -2.33. The van der Waals surface area contributed by atoms with E-state index in [1.807, 2.05) is 45.0 Å². The second-order valence-electron chi connectivity index (χ2n) is 8.61. The lowest BCUT2D eigenvalue weighted by atomic mass is 10.1. The van der Waals surface area contributed by atoms with Crippen molar-refractivity contribution >= 4 is 39.1 Å². The normalized spacial score (nSPS) is 12.0. The van der Waals surface area contributed by atoms with Crippen LogP contribution in [0, 0.1) is 6.92 Å². The molecule has 0 bridgehead atoms. The van der Waals surface area contributed by atoms with Crippen LogP contribution in [0.25, 0.3) is 0 Å². The van der Waals surface area contributed by atoms with E-state index in [-0.39, 0.29) is 28.1 Å². The molecule has 7 nitrogen and oxygen atoms in total. The van der Waals surface area contributed by atoms with E-state index >= 15 is 0 Å². The highest BCUT2D eigenvalue weighted by Crippen LogP contribution is 2.30. The molecular formula is C28H32ClN3O4S. The number of likely N-dealkylation sites (N-methyl/N-ethyl adjacent to an activating group) is 1. The number of halogens is 1. The highest BCUT2D eigenvalue weighted by molar-refractivity contribution is 7.92. The van der Waals surface area contributed by atoms with Crippen LogP contribution in [0.5, 0.6) is 0 Å². The van der Waals surface area contributed by atoms with Gasteiger partial charge in [-0.2, -0.15) is 0 Å². The fourth-order valence-corrected chi connectivity index (χ4v) is 5.85. The van der Waals surface area contributed by atoms with Crippen molar-refractivity contribution in [2.75, 3.05) is 17.4 Å². The van der Waals surface area contributed by atoms with Gasteiger partial charge in [-0.05, 0) is 50.1 Å². The van der Waals surface area contributed by atoms with E-state index in [1.165, 1.54) is 17.0 Å². The van der Waals surface area contributed by atoms with Crippen molar-refractivity contribution in [3.05, 3.63) is 95.0 Å². The Hall–Kier alpha value is -3.36. The zero-order valence-electron chi connectivity index (χ0n) is 21.2. The number of nitrogens with one attached hydrogen (secondary N) is 1. The van der Waals surface area contributed by atoms with E-state index in [0.717, 1.165) is 15.4 Å². The minimum absolute atomic E-state index is 0.0312. The van der Waals surface area contributed by atoms with Gasteiger partial charge in [-0.1, -0.05) is 78.7 Å². The molecule has 0 aromatic heterocycles. The number of para-hydroxylation sites is 1. The van der Waals surface area contributed by atoms with Crippen molar-refractivity contribution in [3.63, 3.8) is 0 Å². The van der Waals surface area contributed by atoms with Crippen LogP contribution in [0.15, 0.2) is 83.8 Å². The van der Waals surface area contributed by atoms with Gasteiger partial charge in [-0.15, -0.1) is 0 Å². The number of sulfonamides is 1. The van der Waals surface area contributed by atoms with Gasteiger partial charge >= 0.3 is 0 Å². The van der Waals surface area contributed by atoms with Crippen LogP contribution in [0.4, 0.5) is 5.69 Å². The number of nitrogens with zero attached hydrogens (tertiary/aromatic N) is 2. The summed E-state index contributed by atoms with van der Waals surface area (Å²) in [6, 6.07) is 21.2. The summed E-state index contributed by atoms with van der Waals surface area (Å²) in [6.07, 6.45) is 0.362. The molecule has 0 saturated heterocycles. The van der Waals surface area contributed by atoms with E-state index < -0.39 is 28.5 Å². The summed E-state index contributed by atoms with van der Waals surface area (Å²) in [4.78, 5) is 28.3. The minimum Gasteiger partial charge on any atom is -0.355 e. The molecular weight excluding hydrogens is 510 g/mol. The van der Waals surface area contributed by atoms with E-state index in [1.54, 1.807) is 42.5 Å². The largest absolute Gasteiger partial charge is 0.355 e. The molecule has 2 amide bonds. The Labute approximate surface area is 224 Å². The van der Waals surface area contributed by atoms with Gasteiger partial charge in [0.15, 0.2) is 0 Å². The topological polar surface area (TPSA) is 86.8 Å². The first-order valence-corrected chi connectivity index (χ1v) is 14.0. The van der Waals surface area contributed by atoms with E-state index in [0.29, 0.717) is 13.0 Å². The van der Waals surface area contributed by atoms with Gasteiger partial charge in [0.25, 0.3) is 10.0 Å². The van der Waals surface area contributed by atoms with Crippen LogP contribution in [0.1, 0.15) is 31.4 Å². The number of aryl methyl sites for hydroxylation is 1. The average molecular weight is 542 g/mol. The number of anilines is 1. The van der Waals surface area contributed by atoms with Crippen LogP contribution in [0.3, 0.4) is 0 Å². The maximum Gasteiger partial charge on any atom is 0.264 e. The van der Waals surface area contributed by atoms with Crippen LogP contribution in [-0.4, -0.2) is 44.3 Å². The molecule has 1 atom stereocenters. The van der Waals surface area contributed by atoms with Gasteiger partial charge in [0.1, 0.15) is 12.6 Å². The summed E-state index contributed by atoms with van der Waals surface area (Å²) in [5.41, 5.74) is 2.04. The van der Waals surface area contributed by atoms with E-state index in [4.69, 9.17) is 11.6 Å². The first kappa shape index (κ1) is 28.2. The number of amides is 2. The summed E-state index contributed by atoms with van der Waals surface area (Å²) in [6.45, 7) is 5.62. The van der Waals surface area contributed by atoms with E-state index in [9.17, 15) is 18.0 Å². The second kappa shape index (κ2) is 12.7. The predicted molar refractivity (Wildman–Crippen MR) is 147 cm³/mol. The molecule has 3 aromatic rings.